The fourth-order valence-electron chi connectivity index (χ4n) is 3.20. The number of benzene rings is 4. The average molecular weight is 454 g/mol. The van der Waals surface area contributed by atoms with Gasteiger partial charge >= 0.3 is 13.3 Å². The van der Waals surface area contributed by atoms with E-state index in [-0.39, 0.29) is 16.7 Å². The van der Waals surface area contributed by atoms with Gasteiger partial charge in [0, 0.05) is 21.9 Å². The molecule has 0 saturated carbocycles. The average Bonchev–Trinajstić information content (AvgIpc) is 2.78. The molecule has 0 saturated heterocycles. The van der Waals surface area contributed by atoms with Crippen LogP contribution in [0.3, 0.4) is 0 Å². The summed E-state index contributed by atoms with van der Waals surface area (Å²) in [6.07, 6.45) is 0. The Kier molecular flexibility index (Phi) is 5.68. The fourth-order valence-corrected chi connectivity index (χ4v) is 5.11. The Bertz CT molecular complexity index is 1330. The highest BCUT2D eigenvalue weighted by atomic mass is 35.5. The number of rotatable bonds is 6. The molecule has 0 fully saturated rings. The Morgan fingerprint density at radius 1 is 0.839 bits per heavy atom. The van der Waals surface area contributed by atoms with Gasteiger partial charge in [0.25, 0.3) is 0 Å². The van der Waals surface area contributed by atoms with Gasteiger partial charge in [-0.3, -0.25) is 10.1 Å². The molecule has 0 heterocycles. The Morgan fingerprint density at radius 2 is 1.52 bits per heavy atom. The highest BCUT2D eigenvalue weighted by molar-refractivity contribution is 7.63. The van der Waals surface area contributed by atoms with Crippen molar-refractivity contribution in [1.29, 1.82) is 0 Å². The molecule has 4 aromatic rings. The van der Waals surface area contributed by atoms with E-state index in [9.17, 15) is 14.7 Å². The van der Waals surface area contributed by atoms with E-state index in [2.05, 4.69) is 0 Å². The van der Waals surface area contributed by atoms with Crippen molar-refractivity contribution in [3.63, 3.8) is 0 Å². The monoisotopic (exact) mass is 453 g/mol. The number of aryl methyl sites for hydroxylation is 1. The zero-order valence-electron chi connectivity index (χ0n) is 16.4. The SMILES string of the molecule is Cc1cccc([N+](=O)[O-])c1O[P@@](=O)(Oc1ccc(Cl)c2ccccc12)c1ccccc1. The van der Waals surface area contributed by atoms with Crippen LogP contribution < -0.4 is 14.4 Å². The number of nitrogens with zero attached hydrogens (tertiary/aromatic N) is 1. The number of fused-ring (bicyclic) bond motifs is 1. The molecule has 0 amide bonds. The van der Waals surface area contributed by atoms with Crippen LogP contribution >= 0.6 is 19.2 Å². The molecule has 0 radical (unpaired) electrons. The molecule has 6 nitrogen and oxygen atoms in total. The van der Waals surface area contributed by atoms with E-state index >= 15 is 0 Å². The molecule has 0 spiro atoms. The van der Waals surface area contributed by atoms with Crippen LogP contribution in [-0.4, -0.2) is 4.92 Å². The van der Waals surface area contributed by atoms with Crippen LogP contribution in [0.1, 0.15) is 5.56 Å². The van der Waals surface area contributed by atoms with Gasteiger partial charge in [-0.05, 0) is 36.8 Å². The molecule has 4 rings (SSSR count). The van der Waals surface area contributed by atoms with Crippen LogP contribution in [0.2, 0.25) is 5.02 Å². The summed E-state index contributed by atoms with van der Waals surface area (Å²) in [6.45, 7) is 1.65. The van der Waals surface area contributed by atoms with Crippen molar-refractivity contribution < 1.29 is 18.5 Å². The van der Waals surface area contributed by atoms with Gasteiger partial charge in [-0.25, -0.2) is 4.57 Å². The third kappa shape index (κ3) is 4.13. The molecule has 8 heteroatoms. The summed E-state index contributed by atoms with van der Waals surface area (Å²) in [5, 5.41) is 13.7. The lowest BCUT2D eigenvalue weighted by molar-refractivity contribution is -0.385. The van der Waals surface area contributed by atoms with Gasteiger partial charge in [-0.1, -0.05) is 66.2 Å². The summed E-state index contributed by atoms with van der Waals surface area (Å²) >= 11 is 6.29. The lowest BCUT2D eigenvalue weighted by Crippen LogP contribution is -2.15. The maximum Gasteiger partial charge on any atom is 0.463 e. The van der Waals surface area contributed by atoms with Gasteiger partial charge in [0.05, 0.1) is 10.2 Å². The first-order valence-electron chi connectivity index (χ1n) is 9.35. The molecule has 0 aliphatic heterocycles. The Labute approximate surface area is 183 Å². The van der Waals surface area contributed by atoms with Gasteiger partial charge in [0.1, 0.15) is 5.75 Å². The highest BCUT2D eigenvalue weighted by Gasteiger charge is 2.35. The van der Waals surface area contributed by atoms with Crippen LogP contribution in [-0.2, 0) is 4.57 Å². The highest BCUT2D eigenvalue weighted by Crippen LogP contribution is 2.51. The van der Waals surface area contributed by atoms with E-state index in [0.717, 1.165) is 5.39 Å². The normalized spacial score (nSPS) is 12.8. The molecule has 1 atom stereocenters. The van der Waals surface area contributed by atoms with Crippen molar-refractivity contribution in [3.05, 3.63) is 106 Å². The molecule has 0 bridgehead atoms. The Hall–Kier alpha value is -3.34. The molecule has 0 aliphatic rings. The van der Waals surface area contributed by atoms with Crippen molar-refractivity contribution in [2.45, 2.75) is 6.92 Å². The molecule has 156 valence electrons. The molecule has 0 aromatic heterocycles. The third-order valence-electron chi connectivity index (χ3n) is 4.72. The second-order valence-electron chi connectivity index (χ2n) is 6.79. The van der Waals surface area contributed by atoms with Gasteiger partial charge in [-0.2, -0.15) is 0 Å². The predicted molar refractivity (Wildman–Crippen MR) is 122 cm³/mol. The quantitative estimate of drug-likeness (QED) is 0.185. The first kappa shape index (κ1) is 20.9. The topological polar surface area (TPSA) is 78.7 Å². The van der Waals surface area contributed by atoms with Crippen molar-refractivity contribution in [1.82, 2.24) is 0 Å². The molecule has 0 aliphatic carbocycles. The molecular weight excluding hydrogens is 437 g/mol. The lowest BCUT2D eigenvalue weighted by atomic mass is 10.1. The first-order chi connectivity index (χ1) is 14.9. The largest absolute Gasteiger partial charge is 0.463 e. The minimum Gasteiger partial charge on any atom is -0.412 e. The number of para-hydroxylation sites is 1. The van der Waals surface area contributed by atoms with Gasteiger partial charge in [0.15, 0.2) is 0 Å². The van der Waals surface area contributed by atoms with Crippen molar-refractivity contribution in [3.8, 4) is 11.5 Å². The fraction of sp³-hybridized carbons (Fsp3) is 0.0435. The van der Waals surface area contributed by atoms with Crippen molar-refractivity contribution in [2.75, 3.05) is 0 Å². The summed E-state index contributed by atoms with van der Waals surface area (Å²) < 4.78 is 26.0. The number of nitro groups is 1. The van der Waals surface area contributed by atoms with Crippen LogP contribution in [0.15, 0.2) is 84.9 Å². The van der Waals surface area contributed by atoms with Crippen molar-refractivity contribution >= 4 is 41.0 Å². The van der Waals surface area contributed by atoms with Crippen LogP contribution in [0.25, 0.3) is 10.8 Å². The minimum absolute atomic E-state index is 0.0991. The summed E-state index contributed by atoms with van der Waals surface area (Å²) in [5.74, 6) is 0.196. The van der Waals surface area contributed by atoms with E-state index in [4.69, 9.17) is 20.6 Å². The first-order valence-corrected chi connectivity index (χ1v) is 11.3. The lowest BCUT2D eigenvalue weighted by Gasteiger charge is -2.22. The summed E-state index contributed by atoms with van der Waals surface area (Å²) in [7, 11) is -4.08. The van der Waals surface area contributed by atoms with E-state index in [0.29, 0.717) is 21.7 Å². The maximum atomic E-state index is 14.1. The van der Waals surface area contributed by atoms with Crippen LogP contribution in [0, 0.1) is 17.0 Å². The number of nitro benzene ring substituents is 1. The molecule has 4 aromatic carbocycles. The summed E-state index contributed by atoms with van der Waals surface area (Å²) in [5.41, 5.74) is 0.177. The van der Waals surface area contributed by atoms with Gasteiger partial charge in [0.2, 0.25) is 5.75 Å². The van der Waals surface area contributed by atoms with E-state index in [1.165, 1.54) is 6.07 Å². The van der Waals surface area contributed by atoms with Gasteiger partial charge in [-0.15, -0.1) is 0 Å². The molecule has 31 heavy (non-hydrogen) atoms. The molecule has 0 N–H and O–H groups in total. The molecule has 0 unspecified atom stereocenters. The zero-order valence-corrected chi connectivity index (χ0v) is 18.0. The minimum atomic E-state index is -4.08. The van der Waals surface area contributed by atoms with Crippen LogP contribution in [0.5, 0.6) is 11.5 Å². The number of hydrogen-bond acceptors (Lipinski definition) is 5. The predicted octanol–water partition coefficient (Wildman–Crippen LogP) is 6.69. The maximum absolute atomic E-state index is 14.1. The Morgan fingerprint density at radius 3 is 2.23 bits per heavy atom. The summed E-state index contributed by atoms with van der Waals surface area (Å²) in [6, 6.07) is 23.4. The standard InChI is InChI=1S/C23H17ClNO5P/c1-16-8-7-13-21(25(26)27)23(16)30-31(28,17-9-3-2-4-10-17)29-22-15-14-20(24)18-11-5-6-12-19(18)22/h2-15H,1H3/t31-/m0/s1. The van der Waals surface area contributed by atoms with Crippen LogP contribution in [0.4, 0.5) is 5.69 Å². The number of halogens is 1. The van der Waals surface area contributed by atoms with E-state index in [1.54, 1.807) is 67.6 Å². The van der Waals surface area contributed by atoms with Crippen molar-refractivity contribution in [2.24, 2.45) is 0 Å². The second-order valence-corrected chi connectivity index (χ2v) is 9.07. The van der Waals surface area contributed by atoms with E-state index in [1.807, 2.05) is 18.2 Å². The number of hydrogen-bond donors (Lipinski definition) is 0. The Balaban J connectivity index is 1.87. The van der Waals surface area contributed by atoms with Gasteiger partial charge < -0.3 is 9.05 Å². The smallest absolute Gasteiger partial charge is 0.412 e. The second kappa shape index (κ2) is 8.42. The summed E-state index contributed by atoms with van der Waals surface area (Å²) in [4.78, 5) is 11.0. The molecular formula is C23H17ClNO5P. The zero-order chi connectivity index (χ0) is 22.0. The van der Waals surface area contributed by atoms with E-state index < -0.39 is 12.5 Å². The third-order valence-corrected chi connectivity index (χ3v) is 6.84.